The smallest absolute Gasteiger partial charge is 0.374 e. The van der Waals surface area contributed by atoms with Gasteiger partial charge in [-0.1, -0.05) is 11.8 Å². The molecule has 2 aromatic heterocycles. The molecule has 0 saturated carbocycles. The number of methoxy groups -OCH3 is 1. The van der Waals surface area contributed by atoms with Gasteiger partial charge in [-0.15, -0.1) is 0 Å². The Labute approximate surface area is 131 Å². The van der Waals surface area contributed by atoms with Crippen molar-refractivity contribution in [2.24, 2.45) is 0 Å². The number of thioether (sulfide) groups is 1. The molecule has 0 saturated heterocycles. The summed E-state index contributed by atoms with van der Waals surface area (Å²) in [6.07, 6.45) is 0. The van der Waals surface area contributed by atoms with Crippen LogP contribution in [0.15, 0.2) is 32.6 Å². The number of carbonyl (C=O) groups excluding carboxylic acids is 1. The first-order valence-corrected chi connectivity index (χ1v) is 7.58. The highest BCUT2D eigenvalue weighted by Crippen LogP contribution is 2.20. The van der Waals surface area contributed by atoms with Gasteiger partial charge in [0, 0.05) is 13.2 Å². The van der Waals surface area contributed by atoms with E-state index in [1.807, 2.05) is 0 Å². The molecule has 0 amide bonds. The summed E-state index contributed by atoms with van der Waals surface area (Å²) in [5, 5.41) is 0.466. The van der Waals surface area contributed by atoms with Gasteiger partial charge in [-0.2, -0.15) is 0 Å². The Morgan fingerprint density at radius 1 is 1.45 bits per heavy atom. The Kier molecular flexibility index (Phi) is 5.79. The maximum absolute atomic E-state index is 11.5. The molecule has 0 unspecified atom stereocenters. The van der Waals surface area contributed by atoms with Crippen LogP contribution in [0.25, 0.3) is 0 Å². The highest BCUT2D eigenvalue weighted by atomic mass is 32.2. The van der Waals surface area contributed by atoms with E-state index in [9.17, 15) is 9.59 Å². The van der Waals surface area contributed by atoms with Crippen molar-refractivity contribution in [3.05, 3.63) is 45.8 Å². The van der Waals surface area contributed by atoms with Crippen molar-refractivity contribution in [1.82, 2.24) is 9.97 Å². The molecule has 0 bridgehead atoms. The molecule has 0 spiro atoms. The number of H-pyrrole nitrogens is 1. The number of carbonyl (C=O) groups is 1. The predicted molar refractivity (Wildman–Crippen MR) is 79.8 cm³/mol. The SMILES string of the molecule is CCOC(=O)c1ccc(CSc2nc(COC)cc(=O)[nH]2)o1. The lowest BCUT2D eigenvalue weighted by molar-refractivity contribution is 0.0488. The van der Waals surface area contributed by atoms with E-state index in [1.165, 1.54) is 24.9 Å². The summed E-state index contributed by atoms with van der Waals surface area (Å²) in [5.41, 5.74) is 0.316. The third kappa shape index (κ3) is 4.47. The molecular weight excluding hydrogens is 308 g/mol. The Hall–Kier alpha value is -2.06. The van der Waals surface area contributed by atoms with Crippen LogP contribution in [0.2, 0.25) is 0 Å². The van der Waals surface area contributed by atoms with Crippen LogP contribution < -0.4 is 5.56 Å². The molecule has 0 aromatic carbocycles. The number of aromatic amines is 1. The summed E-state index contributed by atoms with van der Waals surface area (Å²) >= 11 is 1.30. The van der Waals surface area contributed by atoms with E-state index in [0.717, 1.165) is 0 Å². The molecular formula is C14H16N2O5S. The van der Waals surface area contributed by atoms with Crippen LogP contribution in [0.3, 0.4) is 0 Å². The average Bonchev–Trinajstić information content (AvgIpc) is 2.94. The summed E-state index contributed by atoms with van der Waals surface area (Å²) in [6, 6.07) is 4.64. The Morgan fingerprint density at radius 2 is 2.27 bits per heavy atom. The lowest BCUT2D eigenvalue weighted by Crippen LogP contribution is -2.10. The topological polar surface area (TPSA) is 94.4 Å². The number of aromatic nitrogens is 2. The van der Waals surface area contributed by atoms with Crippen LogP contribution in [-0.4, -0.2) is 29.7 Å². The summed E-state index contributed by atoms with van der Waals surface area (Å²) in [4.78, 5) is 29.9. The first-order chi connectivity index (χ1) is 10.6. The van der Waals surface area contributed by atoms with Gasteiger partial charge < -0.3 is 18.9 Å². The van der Waals surface area contributed by atoms with Crippen molar-refractivity contribution in [1.29, 1.82) is 0 Å². The summed E-state index contributed by atoms with van der Waals surface area (Å²) in [6.45, 7) is 2.29. The lowest BCUT2D eigenvalue weighted by Gasteiger charge is -2.02. The quantitative estimate of drug-likeness (QED) is 0.473. The summed E-state index contributed by atoms with van der Waals surface area (Å²) in [7, 11) is 1.54. The molecule has 0 aliphatic carbocycles. The van der Waals surface area contributed by atoms with Gasteiger partial charge in [0.15, 0.2) is 5.16 Å². The minimum atomic E-state index is -0.493. The van der Waals surface area contributed by atoms with Crippen LogP contribution in [0.1, 0.15) is 28.9 Å². The second-order valence-electron chi connectivity index (χ2n) is 4.25. The molecule has 8 heteroatoms. The van der Waals surface area contributed by atoms with Crippen LogP contribution in [0.4, 0.5) is 0 Å². The molecule has 0 atom stereocenters. The van der Waals surface area contributed by atoms with Gasteiger partial charge in [-0.3, -0.25) is 4.79 Å². The second-order valence-corrected chi connectivity index (χ2v) is 5.21. The Bertz CT molecular complexity index is 695. The van der Waals surface area contributed by atoms with Crippen molar-refractivity contribution in [3.8, 4) is 0 Å². The summed E-state index contributed by atoms with van der Waals surface area (Å²) < 4.78 is 15.2. The second kappa shape index (κ2) is 7.81. The predicted octanol–water partition coefficient (Wildman–Crippen LogP) is 1.98. The first kappa shape index (κ1) is 16.3. The van der Waals surface area contributed by atoms with E-state index in [4.69, 9.17) is 13.9 Å². The maximum Gasteiger partial charge on any atom is 0.374 e. The third-order valence-electron chi connectivity index (χ3n) is 2.55. The maximum atomic E-state index is 11.5. The van der Waals surface area contributed by atoms with Gasteiger partial charge in [-0.05, 0) is 19.1 Å². The number of nitrogens with zero attached hydrogens (tertiary/aromatic N) is 1. The van der Waals surface area contributed by atoms with Gasteiger partial charge in [-0.25, -0.2) is 9.78 Å². The monoisotopic (exact) mass is 324 g/mol. The fourth-order valence-corrected chi connectivity index (χ4v) is 2.47. The fourth-order valence-electron chi connectivity index (χ4n) is 1.68. The highest BCUT2D eigenvalue weighted by Gasteiger charge is 2.12. The third-order valence-corrected chi connectivity index (χ3v) is 3.45. The number of rotatable bonds is 7. The molecule has 2 aromatic rings. The minimum Gasteiger partial charge on any atom is -0.460 e. The van der Waals surface area contributed by atoms with E-state index in [0.29, 0.717) is 29.0 Å². The number of nitrogens with one attached hydrogen (secondary N) is 1. The first-order valence-electron chi connectivity index (χ1n) is 6.60. The fraction of sp³-hybridized carbons (Fsp3) is 0.357. The Balaban J connectivity index is 2.01. The summed E-state index contributed by atoms with van der Waals surface area (Å²) in [5.74, 6) is 0.686. The number of hydrogen-bond acceptors (Lipinski definition) is 7. The van der Waals surface area contributed by atoms with E-state index < -0.39 is 5.97 Å². The Morgan fingerprint density at radius 3 is 3.00 bits per heavy atom. The number of furan rings is 1. The molecule has 0 aliphatic rings. The van der Waals surface area contributed by atoms with Gasteiger partial charge in [0.1, 0.15) is 5.76 Å². The average molecular weight is 324 g/mol. The van der Waals surface area contributed by atoms with Crippen molar-refractivity contribution >= 4 is 17.7 Å². The van der Waals surface area contributed by atoms with Crippen molar-refractivity contribution in [2.45, 2.75) is 24.4 Å². The molecule has 2 heterocycles. The standard InChI is InChI=1S/C14H16N2O5S/c1-3-20-13(18)11-5-4-10(21-11)8-22-14-15-9(7-19-2)6-12(17)16-14/h4-6H,3,7-8H2,1-2H3,(H,15,16,17). The van der Waals surface area contributed by atoms with E-state index in [-0.39, 0.29) is 17.9 Å². The zero-order valence-electron chi connectivity index (χ0n) is 12.3. The number of esters is 1. The molecule has 118 valence electrons. The van der Waals surface area contributed by atoms with Gasteiger partial charge >= 0.3 is 5.97 Å². The van der Waals surface area contributed by atoms with Crippen LogP contribution in [-0.2, 0) is 21.8 Å². The molecule has 7 nitrogen and oxygen atoms in total. The lowest BCUT2D eigenvalue weighted by atomic mass is 10.4. The van der Waals surface area contributed by atoms with Gasteiger partial charge in [0.25, 0.3) is 5.56 Å². The van der Waals surface area contributed by atoms with Crippen LogP contribution in [0.5, 0.6) is 0 Å². The molecule has 0 fully saturated rings. The molecule has 0 aliphatic heterocycles. The zero-order valence-corrected chi connectivity index (χ0v) is 13.1. The van der Waals surface area contributed by atoms with Crippen molar-refractivity contribution in [2.75, 3.05) is 13.7 Å². The van der Waals surface area contributed by atoms with Crippen LogP contribution >= 0.6 is 11.8 Å². The van der Waals surface area contributed by atoms with Gasteiger partial charge in [0.05, 0.1) is 24.7 Å². The van der Waals surface area contributed by atoms with Crippen molar-refractivity contribution in [3.63, 3.8) is 0 Å². The molecule has 1 N–H and O–H groups in total. The normalized spacial score (nSPS) is 10.6. The number of ether oxygens (including phenoxy) is 2. The van der Waals surface area contributed by atoms with Crippen molar-refractivity contribution < 1.29 is 18.7 Å². The minimum absolute atomic E-state index is 0.159. The molecule has 22 heavy (non-hydrogen) atoms. The largest absolute Gasteiger partial charge is 0.460 e. The highest BCUT2D eigenvalue weighted by molar-refractivity contribution is 7.98. The van der Waals surface area contributed by atoms with E-state index in [1.54, 1.807) is 19.1 Å². The number of hydrogen-bond donors (Lipinski definition) is 1. The van der Waals surface area contributed by atoms with Crippen LogP contribution in [0, 0.1) is 0 Å². The van der Waals surface area contributed by atoms with E-state index >= 15 is 0 Å². The van der Waals surface area contributed by atoms with E-state index in [2.05, 4.69) is 9.97 Å². The zero-order chi connectivity index (χ0) is 15.9. The van der Waals surface area contributed by atoms with Gasteiger partial charge in [0.2, 0.25) is 5.76 Å². The molecule has 0 radical (unpaired) electrons. The molecule has 2 rings (SSSR count).